The number of nitrogens with zero attached hydrogens (tertiary/aromatic N) is 2. The maximum atomic E-state index is 13.7. The van der Waals surface area contributed by atoms with Crippen LogP contribution in [0.25, 0.3) is 0 Å². The van der Waals surface area contributed by atoms with Crippen molar-refractivity contribution >= 4 is 16.0 Å². The van der Waals surface area contributed by atoms with E-state index in [1.54, 1.807) is 6.92 Å². The molecule has 1 N–H and O–H groups in total. The third-order valence-electron chi connectivity index (χ3n) is 2.63. The highest BCUT2D eigenvalue weighted by atomic mass is 32.2. The normalized spacial score (nSPS) is 11.4. The van der Waals surface area contributed by atoms with Gasteiger partial charge in [0.1, 0.15) is 5.82 Å². The zero-order valence-electron chi connectivity index (χ0n) is 11.7. The molecule has 2 rings (SSSR count). The summed E-state index contributed by atoms with van der Waals surface area (Å²) in [6.07, 6.45) is 0. The Morgan fingerprint density at radius 1 is 1.45 bits per heavy atom. The summed E-state index contributed by atoms with van der Waals surface area (Å²) >= 11 is 0. The fraction of sp³-hybridized carbons (Fsp3) is 0.250. The maximum Gasteiger partial charge on any atom is 0.341 e. The van der Waals surface area contributed by atoms with Gasteiger partial charge >= 0.3 is 5.97 Å². The average molecular weight is 329 g/mol. The van der Waals surface area contributed by atoms with Crippen LogP contribution in [0.5, 0.6) is 0 Å². The molecule has 0 aliphatic carbocycles. The molecule has 0 saturated carbocycles. The lowest BCUT2D eigenvalue weighted by molar-refractivity contribution is 0.0424. The quantitative estimate of drug-likeness (QED) is 0.807. The van der Waals surface area contributed by atoms with E-state index >= 15 is 0 Å². The number of carbonyl (C=O) groups excluding carboxylic acids is 1. The summed E-state index contributed by atoms with van der Waals surface area (Å²) in [6, 6.07) is 2.81. The van der Waals surface area contributed by atoms with Gasteiger partial charge in [-0.3, -0.25) is 0 Å². The predicted octanol–water partition coefficient (Wildman–Crippen LogP) is 0.782. The molecule has 0 radical (unpaired) electrons. The van der Waals surface area contributed by atoms with Crippen molar-refractivity contribution in [1.82, 2.24) is 14.9 Å². The molecule has 118 valence electrons. The summed E-state index contributed by atoms with van der Waals surface area (Å²) in [5.74, 6) is -1.53. The number of esters is 1. The Bertz CT molecular complexity index is 803. The lowest BCUT2D eigenvalue weighted by Gasteiger charge is -2.06. The van der Waals surface area contributed by atoms with Gasteiger partial charge < -0.3 is 9.26 Å². The van der Waals surface area contributed by atoms with Crippen molar-refractivity contribution in [3.05, 3.63) is 41.3 Å². The van der Waals surface area contributed by atoms with Gasteiger partial charge in [-0.2, -0.15) is 4.98 Å². The number of ether oxygens (including phenoxy) is 1. The third kappa shape index (κ3) is 3.46. The van der Waals surface area contributed by atoms with Crippen LogP contribution in [0, 0.1) is 12.7 Å². The first-order valence-electron chi connectivity index (χ1n) is 6.03. The summed E-state index contributed by atoms with van der Waals surface area (Å²) in [6.45, 7) is 1.24. The van der Waals surface area contributed by atoms with E-state index in [9.17, 15) is 17.6 Å². The summed E-state index contributed by atoms with van der Waals surface area (Å²) in [4.78, 5) is 15.4. The minimum Gasteiger partial charge on any atom is -0.452 e. The molecule has 22 heavy (non-hydrogen) atoms. The zero-order valence-corrected chi connectivity index (χ0v) is 12.5. The first-order valence-corrected chi connectivity index (χ1v) is 7.51. The van der Waals surface area contributed by atoms with Crippen molar-refractivity contribution in [1.29, 1.82) is 0 Å². The van der Waals surface area contributed by atoms with E-state index in [-0.39, 0.29) is 17.4 Å². The van der Waals surface area contributed by atoms with Crippen LogP contribution in [0.2, 0.25) is 0 Å². The van der Waals surface area contributed by atoms with Crippen LogP contribution in [0.3, 0.4) is 0 Å². The number of aryl methyl sites for hydroxylation is 1. The summed E-state index contributed by atoms with van der Waals surface area (Å²) in [5, 5.41) is 3.50. The van der Waals surface area contributed by atoms with Gasteiger partial charge in [-0.25, -0.2) is 22.3 Å². The smallest absolute Gasteiger partial charge is 0.341 e. The van der Waals surface area contributed by atoms with Crippen LogP contribution in [-0.4, -0.2) is 31.6 Å². The molecule has 1 aromatic heterocycles. The SMILES string of the molecule is CNS(=O)(=O)c1ccc(F)c(C(=O)OCc2nc(C)no2)c1. The van der Waals surface area contributed by atoms with Crippen molar-refractivity contribution in [2.45, 2.75) is 18.4 Å². The minimum absolute atomic E-state index is 0.0465. The number of nitrogens with one attached hydrogen (secondary N) is 1. The number of hydrogen-bond donors (Lipinski definition) is 1. The van der Waals surface area contributed by atoms with E-state index in [1.165, 1.54) is 7.05 Å². The topological polar surface area (TPSA) is 111 Å². The Morgan fingerprint density at radius 2 is 2.18 bits per heavy atom. The Kier molecular flexibility index (Phi) is 4.52. The van der Waals surface area contributed by atoms with Crippen LogP contribution in [0.1, 0.15) is 22.1 Å². The highest BCUT2D eigenvalue weighted by molar-refractivity contribution is 7.89. The van der Waals surface area contributed by atoms with Crippen molar-refractivity contribution in [3.8, 4) is 0 Å². The standard InChI is InChI=1S/C12H12FN3O5S/c1-7-15-11(21-16-7)6-20-12(17)9-5-8(3-4-10(9)13)22(18,19)14-2/h3-5,14H,6H2,1-2H3. The van der Waals surface area contributed by atoms with Crippen molar-refractivity contribution in [2.24, 2.45) is 0 Å². The zero-order chi connectivity index (χ0) is 16.3. The number of benzene rings is 1. The fourth-order valence-electron chi connectivity index (χ4n) is 1.55. The van der Waals surface area contributed by atoms with Gasteiger partial charge in [-0.05, 0) is 32.2 Å². The molecule has 1 aromatic carbocycles. The van der Waals surface area contributed by atoms with Gasteiger partial charge in [0.2, 0.25) is 10.0 Å². The molecule has 0 saturated heterocycles. The third-order valence-corrected chi connectivity index (χ3v) is 4.05. The van der Waals surface area contributed by atoms with Gasteiger partial charge in [-0.1, -0.05) is 5.16 Å². The Hall–Kier alpha value is -2.33. The number of sulfonamides is 1. The largest absolute Gasteiger partial charge is 0.452 e. The number of carbonyl (C=O) groups is 1. The number of aromatic nitrogens is 2. The second-order valence-corrected chi connectivity index (χ2v) is 6.05. The van der Waals surface area contributed by atoms with E-state index in [1.807, 2.05) is 0 Å². The molecule has 1 heterocycles. The monoisotopic (exact) mass is 329 g/mol. The maximum absolute atomic E-state index is 13.7. The molecular formula is C12H12FN3O5S. The van der Waals surface area contributed by atoms with Crippen molar-refractivity contribution in [3.63, 3.8) is 0 Å². The molecule has 0 unspecified atom stereocenters. The molecule has 10 heteroatoms. The molecule has 0 amide bonds. The van der Waals surface area contributed by atoms with Gasteiger partial charge in [-0.15, -0.1) is 0 Å². The predicted molar refractivity (Wildman–Crippen MR) is 70.8 cm³/mol. The first kappa shape index (κ1) is 16.0. The first-order chi connectivity index (χ1) is 10.3. The second kappa shape index (κ2) is 6.20. The summed E-state index contributed by atoms with van der Waals surface area (Å²) in [7, 11) is -2.60. The van der Waals surface area contributed by atoms with E-state index in [4.69, 9.17) is 9.26 Å². The van der Waals surface area contributed by atoms with E-state index < -0.39 is 27.4 Å². The van der Waals surface area contributed by atoms with Crippen molar-refractivity contribution in [2.75, 3.05) is 7.05 Å². The van der Waals surface area contributed by atoms with Gasteiger partial charge in [0.25, 0.3) is 5.89 Å². The fourth-order valence-corrected chi connectivity index (χ4v) is 2.31. The van der Waals surface area contributed by atoms with Gasteiger partial charge in [0.15, 0.2) is 12.4 Å². The number of halogens is 1. The Balaban J connectivity index is 2.20. The number of hydrogen-bond acceptors (Lipinski definition) is 7. The molecule has 0 aliphatic rings. The van der Waals surface area contributed by atoms with E-state index in [2.05, 4.69) is 14.9 Å². The molecule has 0 spiro atoms. The Labute approximate surface area is 125 Å². The molecule has 0 atom stereocenters. The molecule has 2 aromatic rings. The van der Waals surface area contributed by atoms with Gasteiger partial charge in [0, 0.05) is 0 Å². The summed E-state index contributed by atoms with van der Waals surface area (Å²) < 4.78 is 48.6. The number of rotatable bonds is 5. The van der Waals surface area contributed by atoms with Crippen LogP contribution >= 0.6 is 0 Å². The lowest BCUT2D eigenvalue weighted by atomic mass is 10.2. The molecule has 8 nitrogen and oxygen atoms in total. The minimum atomic E-state index is -3.80. The van der Waals surface area contributed by atoms with Crippen LogP contribution in [-0.2, 0) is 21.4 Å². The van der Waals surface area contributed by atoms with Crippen LogP contribution < -0.4 is 4.72 Å². The van der Waals surface area contributed by atoms with Crippen molar-refractivity contribution < 1.29 is 26.9 Å². The van der Waals surface area contributed by atoms with Crippen LogP contribution in [0.4, 0.5) is 4.39 Å². The molecule has 0 bridgehead atoms. The average Bonchev–Trinajstić information content (AvgIpc) is 2.90. The molecule has 0 fully saturated rings. The summed E-state index contributed by atoms with van der Waals surface area (Å²) in [5.41, 5.74) is -0.507. The van der Waals surface area contributed by atoms with E-state index in [0.29, 0.717) is 5.82 Å². The highest BCUT2D eigenvalue weighted by Crippen LogP contribution is 2.16. The highest BCUT2D eigenvalue weighted by Gasteiger charge is 2.20. The van der Waals surface area contributed by atoms with E-state index in [0.717, 1.165) is 18.2 Å². The lowest BCUT2D eigenvalue weighted by Crippen LogP contribution is -2.19. The molecule has 0 aliphatic heterocycles. The Morgan fingerprint density at radius 3 is 2.77 bits per heavy atom. The second-order valence-electron chi connectivity index (χ2n) is 4.16. The van der Waals surface area contributed by atoms with Gasteiger partial charge in [0.05, 0.1) is 10.5 Å². The van der Waals surface area contributed by atoms with Crippen LogP contribution in [0.15, 0.2) is 27.6 Å². The molecular weight excluding hydrogens is 317 g/mol.